The molecule has 1 aromatic heterocycles. The Kier molecular flexibility index (Phi) is 3.10. The average molecular weight is 231 g/mol. The molecular weight excluding hydrogens is 224 g/mol. The lowest BCUT2D eigenvalue weighted by Crippen LogP contribution is -1.89. The van der Waals surface area contributed by atoms with Gasteiger partial charge >= 0.3 is 5.97 Å². The van der Waals surface area contributed by atoms with Crippen molar-refractivity contribution < 1.29 is 14.3 Å². The smallest absolute Gasteiger partial charge is 0.307 e. The van der Waals surface area contributed by atoms with E-state index in [4.69, 9.17) is 9.52 Å². The maximum absolute atomic E-state index is 10.1. The third-order valence-electron chi connectivity index (χ3n) is 1.17. The normalized spacial score (nSPS) is 10.8. The number of aliphatic carboxylic acids is 1. The van der Waals surface area contributed by atoms with Crippen molar-refractivity contribution in [1.29, 1.82) is 0 Å². The summed E-state index contributed by atoms with van der Waals surface area (Å²) in [4.78, 5) is 10.1. The minimum absolute atomic E-state index is 0.0122. The first-order valence-electron chi connectivity index (χ1n) is 3.32. The van der Waals surface area contributed by atoms with E-state index in [0.717, 1.165) is 0 Å². The maximum Gasteiger partial charge on any atom is 0.307 e. The molecule has 0 amide bonds. The van der Waals surface area contributed by atoms with Crippen LogP contribution in [-0.4, -0.2) is 11.1 Å². The van der Waals surface area contributed by atoms with E-state index >= 15 is 0 Å². The molecule has 1 aromatic rings. The second-order valence-electron chi connectivity index (χ2n) is 2.14. The van der Waals surface area contributed by atoms with Crippen LogP contribution in [0.15, 0.2) is 27.3 Å². The molecule has 4 heteroatoms. The molecule has 0 fully saturated rings. The summed E-state index contributed by atoms with van der Waals surface area (Å²) in [7, 11) is 0. The molecule has 0 aliphatic rings. The standard InChI is InChI=1S/C8H7BrO3/c9-7-5-4-6(12-7)2-1-3-8(10)11/h1-2,4-5H,3H2,(H,10,11)/b2-1+. The van der Waals surface area contributed by atoms with Crippen LogP contribution in [0.25, 0.3) is 6.08 Å². The largest absolute Gasteiger partial charge is 0.481 e. The molecule has 0 saturated heterocycles. The van der Waals surface area contributed by atoms with Crippen molar-refractivity contribution in [3.05, 3.63) is 28.6 Å². The molecule has 0 saturated carbocycles. The van der Waals surface area contributed by atoms with Crippen LogP contribution in [0.3, 0.4) is 0 Å². The second kappa shape index (κ2) is 4.11. The SMILES string of the molecule is O=C(O)C/C=C/c1ccc(Br)o1. The zero-order valence-corrected chi connectivity index (χ0v) is 7.74. The van der Waals surface area contributed by atoms with Crippen molar-refractivity contribution in [3.63, 3.8) is 0 Å². The fourth-order valence-corrected chi connectivity index (χ4v) is 1.01. The van der Waals surface area contributed by atoms with E-state index in [1.165, 1.54) is 6.08 Å². The van der Waals surface area contributed by atoms with Crippen molar-refractivity contribution in [1.82, 2.24) is 0 Å². The first-order chi connectivity index (χ1) is 5.68. The number of halogens is 1. The number of carbonyl (C=O) groups is 1. The van der Waals surface area contributed by atoms with Gasteiger partial charge in [0.15, 0.2) is 4.67 Å². The first kappa shape index (κ1) is 9.06. The molecule has 0 bridgehead atoms. The summed E-state index contributed by atoms with van der Waals surface area (Å²) < 4.78 is 5.74. The molecule has 0 aromatic carbocycles. The molecule has 0 atom stereocenters. The Labute approximate surface area is 77.8 Å². The highest BCUT2D eigenvalue weighted by atomic mass is 79.9. The highest BCUT2D eigenvalue weighted by Gasteiger charge is 1.94. The number of furan rings is 1. The van der Waals surface area contributed by atoms with Crippen LogP contribution in [0.1, 0.15) is 12.2 Å². The minimum Gasteiger partial charge on any atom is -0.481 e. The van der Waals surface area contributed by atoms with E-state index in [1.54, 1.807) is 18.2 Å². The molecule has 0 aliphatic heterocycles. The third kappa shape index (κ3) is 2.92. The Morgan fingerprint density at radius 1 is 1.67 bits per heavy atom. The quantitative estimate of drug-likeness (QED) is 0.869. The zero-order valence-electron chi connectivity index (χ0n) is 6.16. The second-order valence-corrected chi connectivity index (χ2v) is 2.92. The number of hydrogen-bond donors (Lipinski definition) is 1. The van der Waals surface area contributed by atoms with Gasteiger partial charge in [-0.2, -0.15) is 0 Å². The minimum atomic E-state index is -0.850. The fraction of sp³-hybridized carbons (Fsp3) is 0.125. The summed E-state index contributed by atoms with van der Waals surface area (Å²) in [5, 5.41) is 8.31. The molecule has 1 rings (SSSR count). The lowest BCUT2D eigenvalue weighted by Gasteiger charge is -1.83. The number of hydrogen-bond acceptors (Lipinski definition) is 2. The molecule has 0 spiro atoms. The summed E-state index contributed by atoms with van der Waals surface area (Å²) in [5.74, 6) is -0.208. The van der Waals surface area contributed by atoms with Gasteiger partial charge in [0.2, 0.25) is 0 Å². The third-order valence-corrected chi connectivity index (χ3v) is 1.59. The van der Waals surface area contributed by atoms with E-state index in [2.05, 4.69) is 15.9 Å². The fourth-order valence-electron chi connectivity index (χ4n) is 0.694. The van der Waals surface area contributed by atoms with Crippen molar-refractivity contribution in [2.45, 2.75) is 6.42 Å². The summed E-state index contributed by atoms with van der Waals surface area (Å²) >= 11 is 3.14. The highest BCUT2D eigenvalue weighted by Crippen LogP contribution is 2.15. The summed E-state index contributed by atoms with van der Waals surface area (Å²) in [5.41, 5.74) is 0. The van der Waals surface area contributed by atoms with E-state index < -0.39 is 5.97 Å². The van der Waals surface area contributed by atoms with Crippen molar-refractivity contribution >= 4 is 28.0 Å². The molecule has 0 radical (unpaired) electrons. The van der Waals surface area contributed by atoms with Gasteiger partial charge in [0, 0.05) is 0 Å². The zero-order chi connectivity index (χ0) is 8.97. The Morgan fingerprint density at radius 2 is 2.42 bits per heavy atom. The van der Waals surface area contributed by atoms with Gasteiger partial charge in [0.1, 0.15) is 5.76 Å². The van der Waals surface area contributed by atoms with Crippen LogP contribution >= 0.6 is 15.9 Å². The Bertz CT molecular complexity index is 301. The number of carboxylic acids is 1. The summed E-state index contributed by atoms with van der Waals surface area (Å²) in [6.45, 7) is 0. The van der Waals surface area contributed by atoms with Gasteiger partial charge in [-0.1, -0.05) is 6.08 Å². The van der Waals surface area contributed by atoms with Crippen molar-refractivity contribution in [2.75, 3.05) is 0 Å². The van der Waals surface area contributed by atoms with E-state index in [9.17, 15) is 4.79 Å². The van der Waals surface area contributed by atoms with Crippen molar-refractivity contribution in [3.8, 4) is 0 Å². The first-order valence-corrected chi connectivity index (χ1v) is 4.11. The lowest BCUT2D eigenvalue weighted by molar-refractivity contribution is -0.135. The molecule has 0 aliphatic carbocycles. The van der Waals surface area contributed by atoms with Crippen LogP contribution in [0.2, 0.25) is 0 Å². The van der Waals surface area contributed by atoms with E-state index in [1.807, 2.05) is 0 Å². The Balaban J connectivity index is 2.52. The van der Waals surface area contributed by atoms with Gasteiger partial charge in [-0.15, -0.1) is 0 Å². The topological polar surface area (TPSA) is 50.4 Å². The number of carboxylic acid groups (broad SMARTS) is 1. The van der Waals surface area contributed by atoms with Crippen LogP contribution in [-0.2, 0) is 4.79 Å². The van der Waals surface area contributed by atoms with E-state index in [0.29, 0.717) is 10.4 Å². The van der Waals surface area contributed by atoms with Crippen LogP contribution in [0, 0.1) is 0 Å². The van der Waals surface area contributed by atoms with Gasteiger partial charge in [-0.05, 0) is 34.1 Å². The summed E-state index contributed by atoms with van der Waals surface area (Å²) in [6.07, 6.45) is 3.17. The molecule has 64 valence electrons. The van der Waals surface area contributed by atoms with Gasteiger partial charge in [0.05, 0.1) is 6.42 Å². The van der Waals surface area contributed by atoms with Gasteiger partial charge in [0.25, 0.3) is 0 Å². The average Bonchev–Trinajstić information content (AvgIpc) is 2.35. The van der Waals surface area contributed by atoms with E-state index in [-0.39, 0.29) is 6.42 Å². The Morgan fingerprint density at radius 3 is 2.92 bits per heavy atom. The predicted octanol–water partition coefficient (Wildman–Crippen LogP) is 2.53. The lowest BCUT2D eigenvalue weighted by atomic mass is 10.3. The van der Waals surface area contributed by atoms with Crippen LogP contribution in [0.4, 0.5) is 0 Å². The van der Waals surface area contributed by atoms with Crippen LogP contribution < -0.4 is 0 Å². The predicted molar refractivity (Wildman–Crippen MR) is 47.7 cm³/mol. The summed E-state index contributed by atoms with van der Waals surface area (Å²) in [6, 6.07) is 3.50. The monoisotopic (exact) mass is 230 g/mol. The van der Waals surface area contributed by atoms with Gasteiger partial charge in [-0.25, -0.2) is 0 Å². The molecule has 1 heterocycles. The Hall–Kier alpha value is -1.03. The number of rotatable bonds is 3. The van der Waals surface area contributed by atoms with Gasteiger partial charge in [-0.3, -0.25) is 4.79 Å². The molecule has 12 heavy (non-hydrogen) atoms. The maximum atomic E-state index is 10.1. The molecule has 0 unspecified atom stereocenters. The van der Waals surface area contributed by atoms with Gasteiger partial charge < -0.3 is 9.52 Å². The van der Waals surface area contributed by atoms with Crippen LogP contribution in [0.5, 0.6) is 0 Å². The molecular formula is C8H7BrO3. The molecule has 3 nitrogen and oxygen atoms in total. The molecule has 1 N–H and O–H groups in total. The van der Waals surface area contributed by atoms with Crippen molar-refractivity contribution in [2.24, 2.45) is 0 Å². The highest BCUT2D eigenvalue weighted by molar-refractivity contribution is 9.10.